The van der Waals surface area contributed by atoms with E-state index in [4.69, 9.17) is 4.74 Å². The molecule has 1 rings (SSSR count). The standard InChI is InChI=1S/C5H9N3O/c1-3-8-4-6-5(7-8)9-2/h4H,3H2,1-2H3. The van der Waals surface area contributed by atoms with E-state index in [-0.39, 0.29) is 0 Å². The fourth-order valence-corrected chi connectivity index (χ4v) is 0.523. The Morgan fingerprint density at radius 2 is 2.56 bits per heavy atom. The van der Waals surface area contributed by atoms with Crippen LogP contribution in [0.1, 0.15) is 6.92 Å². The number of aromatic nitrogens is 3. The molecule has 0 atom stereocenters. The third kappa shape index (κ3) is 1.19. The molecule has 9 heavy (non-hydrogen) atoms. The minimum absolute atomic E-state index is 0.428. The van der Waals surface area contributed by atoms with Crippen molar-refractivity contribution in [2.45, 2.75) is 13.5 Å². The molecule has 0 aliphatic rings. The van der Waals surface area contributed by atoms with Crippen LogP contribution >= 0.6 is 0 Å². The molecule has 0 spiro atoms. The topological polar surface area (TPSA) is 39.9 Å². The minimum atomic E-state index is 0.428. The van der Waals surface area contributed by atoms with Crippen molar-refractivity contribution in [3.05, 3.63) is 6.33 Å². The zero-order chi connectivity index (χ0) is 6.69. The van der Waals surface area contributed by atoms with Gasteiger partial charge in [-0.1, -0.05) is 0 Å². The molecule has 0 unspecified atom stereocenters. The van der Waals surface area contributed by atoms with Gasteiger partial charge in [-0.15, -0.1) is 5.10 Å². The third-order valence-corrected chi connectivity index (χ3v) is 1.02. The first-order valence-corrected chi connectivity index (χ1v) is 2.80. The number of hydrogen-bond acceptors (Lipinski definition) is 3. The second-order valence-corrected chi connectivity index (χ2v) is 1.59. The van der Waals surface area contributed by atoms with E-state index in [0.717, 1.165) is 6.54 Å². The van der Waals surface area contributed by atoms with E-state index in [1.165, 1.54) is 0 Å². The van der Waals surface area contributed by atoms with Crippen LogP contribution in [-0.4, -0.2) is 21.9 Å². The molecule has 1 heterocycles. The van der Waals surface area contributed by atoms with Crippen molar-refractivity contribution in [3.63, 3.8) is 0 Å². The maximum atomic E-state index is 4.75. The summed E-state index contributed by atoms with van der Waals surface area (Å²) < 4.78 is 6.46. The van der Waals surface area contributed by atoms with Crippen molar-refractivity contribution in [1.29, 1.82) is 0 Å². The lowest BCUT2D eigenvalue weighted by Gasteiger charge is -1.88. The summed E-state index contributed by atoms with van der Waals surface area (Å²) >= 11 is 0. The molecule has 0 aliphatic carbocycles. The molecule has 0 saturated carbocycles. The van der Waals surface area contributed by atoms with E-state index in [9.17, 15) is 0 Å². The van der Waals surface area contributed by atoms with Crippen LogP contribution in [0.2, 0.25) is 0 Å². The SMILES string of the molecule is CCn1cnc(OC)n1. The molecule has 0 aliphatic heterocycles. The molecule has 0 saturated heterocycles. The summed E-state index contributed by atoms with van der Waals surface area (Å²) in [5, 5.41) is 3.93. The van der Waals surface area contributed by atoms with Crippen molar-refractivity contribution < 1.29 is 4.74 Å². The highest BCUT2D eigenvalue weighted by atomic mass is 16.5. The highest BCUT2D eigenvalue weighted by Gasteiger charge is 1.94. The molecule has 0 N–H and O–H groups in total. The highest BCUT2D eigenvalue weighted by Crippen LogP contribution is 1.96. The smallest absolute Gasteiger partial charge is 0.335 e. The Morgan fingerprint density at radius 3 is 2.89 bits per heavy atom. The van der Waals surface area contributed by atoms with E-state index in [1.54, 1.807) is 18.1 Å². The Kier molecular flexibility index (Phi) is 1.67. The predicted octanol–water partition coefficient (Wildman–Crippen LogP) is 0.307. The Bertz CT molecular complexity index is 166. The van der Waals surface area contributed by atoms with Crippen LogP contribution in [-0.2, 0) is 6.54 Å². The quantitative estimate of drug-likeness (QED) is 0.574. The molecule has 1 aromatic heterocycles. The van der Waals surface area contributed by atoms with E-state index in [0.29, 0.717) is 6.01 Å². The molecule has 0 aromatic carbocycles. The van der Waals surface area contributed by atoms with Gasteiger partial charge in [0.1, 0.15) is 6.33 Å². The maximum absolute atomic E-state index is 4.75. The highest BCUT2D eigenvalue weighted by molar-refractivity contribution is 4.85. The first kappa shape index (κ1) is 6.07. The summed E-state index contributed by atoms with van der Waals surface area (Å²) in [5.74, 6) is 0. The number of ether oxygens (including phenoxy) is 1. The van der Waals surface area contributed by atoms with Crippen molar-refractivity contribution in [2.24, 2.45) is 0 Å². The number of nitrogens with zero attached hydrogens (tertiary/aromatic N) is 3. The van der Waals surface area contributed by atoms with Gasteiger partial charge >= 0.3 is 6.01 Å². The average molecular weight is 127 g/mol. The third-order valence-electron chi connectivity index (χ3n) is 1.02. The number of methoxy groups -OCH3 is 1. The van der Waals surface area contributed by atoms with Gasteiger partial charge in [-0.25, -0.2) is 4.68 Å². The van der Waals surface area contributed by atoms with Crippen molar-refractivity contribution in [1.82, 2.24) is 14.8 Å². The summed E-state index contributed by atoms with van der Waals surface area (Å²) in [6, 6.07) is 0.428. The summed E-state index contributed by atoms with van der Waals surface area (Å²) in [6.07, 6.45) is 1.64. The van der Waals surface area contributed by atoms with Gasteiger partial charge in [0.2, 0.25) is 0 Å². The Morgan fingerprint density at radius 1 is 1.78 bits per heavy atom. The molecule has 0 bridgehead atoms. The Hall–Kier alpha value is -1.06. The molecule has 1 aromatic rings. The summed E-state index contributed by atoms with van der Waals surface area (Å²) in [5.41, 5.74) is 0. The zero-order valence-corrected chi connectivity index (χ0v) is 5.53. The largest absolute Gasteiger partial charge is 0.466 e. The van der Waals surface area contributed by atoms with Gasteiger partial charge in [0.15, 0.2) is 0 Å². The van der Waals surface area contributed by atoms with Crippen LogP contribution in [0.15, 0.2) is 6.33 Å². The molecular formula is C5H9N3O. The number of rotatable bonds is 2. The lowest BCUT2D eigenvalue weighted by Crippen LogP contribution is -1.94. The fourth-order valence-electron chi connectivity index (χ4n) is 0.523. The van der Waals surface area contributed by atoms with E-state index >= 15 is 0 Å². The molecule has 4 heteroatoms. The van der Waals surface area contributed by atoms with Gasteiger partial charge in [-0.2, -0.15) is 4.98 Å². The van der Waals surface area contributed by atoms with Crippen molar-refractivity contribution in [2.75, 3.05) is 7.11 Å². The molecule has 50 valence electrons. The van der Waals surface area contributed by atoms with E-state index in [1.807, 2.05) is 6.92 Å². The molecule has 0 amide bonds. The van der Waals surface area contributed by atoms with Gasteiger partial charge in [0.25, 0.3) is 0 Å². The average Bonchev–Trinajstić information content (AvgIpc) is 2.34. The van der Waals surface area contributed by atoms with Gasteiger partial charge < -0.3 is 4.74 Å². The predicted molar refractivity (Wildman–Crippen MR) is 32.2 cm³/mol. The van der Waals surface area contributed by atoms with Gasteiger partial charge in [0.05, 0.1) is 7.11 Å². The van der Waals surface area contributed by atoms with Crippen LogP contribution in [0.5, 0.6) is 6.01 Å². The van der Waals surface area contributed by atoms with Crippen LogP contribution in [0.3, 0.4) is 0 Å². The first-order chi connectivity index (χ1) is 4.36. The Labute approximate surface area is 53.5 Å². The van der Waals surface area contributed by atoms with Gasteiger partial charge in [-0.3, -0.25) is 0 Å². The molecular weight excluding hydrogens is 118 g/mol. The van der Waals surface area contributed by atoms with Crippen LogP contribution in [0.25, 0.3) is 0 Å². The number of aryl methyl sites for hydroxylation is 1. The van der Waals surface area contributed by atoms with Gasteiger partial charge in [-0.05, 0) is 6.92 Å². The van der Waals surface area contributed by atoms with E-state index < -0.39 is 0 Å². The summed E-state index contributed by atoms with van der Waals surface area (Å²) in [7, 11) is 1.55. The first-order valence-electron chi connectivity index (χ1n) is 2.80. The van der Waals surface area contributed by atoms with Crippen LogP contribution in [0.4, 0.5) is 0 Å². The second kappa shape index (κ2) is 2.48. The molecule has 0 radical (unpaired) electrons. The number of hydrogen-bond donors (Lipinski definition) is 0. The maximum Gasteiger partial charge on any atom is 0.335 e. The summed E-state index contributed by atoms with van der Waals surface area (Å²) in [4.78, 5) is 3.84. The molecule has 4 nitrogen and oxygen atoms in total. The Balaban J connectivity index is 2.74. The monoisotopic (exact) mass is 127 g/mol. The molecule has 0 fully saturated rings. The second-order valence-electron chi connectivity index (χ2n) is 1.59. The lowest BCUT2D eigenvalue weighted by molar-refractivity contribution is 0.376. The van der Waals surface area contributed by atoms with Crippen molar-refractivity contribution in [3.8, 4) is 6.01 Å². The normalized spacial score (nSPS) is 9.56. The van der Waals surface area contributed by atoms with Gasteiger partial charge in [0, 0.05) is 6.54 Å². The minimum Gasteiger partial charge on any atom is -0.466 e. The summed E-state index contributed by atoms with van der Waals surface area (Å²) in [6.45, 7) is 2.82. The lowest BCUT2D eigenvalue weighted by atomic mass is 10.8. The van der Waals surface area contributed by atoms with Crippen LogP contribution < -0.4 is 4.74 Å². The van der Waals surface area contributed by atoms with E-state index in [2.05, 4.69) is 10.1 Å². The fraction of sp³-hybridized carbons (Fsp3) is 0.600. The van der Waals surface area contributed by atoms with Crippen LogP contribution in [0, 0.1) is 0 Å². The van der Waals surface area contributed by atoms with Crippen molar-refractivity contribution >= 4 is 0 Å². The zero-order valence-electron chi connectivity index (χ0n) is 5.53.